The van der Waals surface area contributed by atoms with E-state index < -0.39 is 6.10 Å². The summed E-state index contributed by atoms with van der Waals surface area (Å²) in [6.45, 7) is 1.68. The molecule has 29 heavy (non-hydrogen) atoms. The number of piperidine rings is 1. The predicted octanol–water partition coefficient (Wildman–Crippen LogP) is 2.84. The van der Waals surface area contributed by atoms with Crippen LogP contribution in [0.4, 0.5) is 11.8 Å². The summed E-state index contributed by atoms with van der Waals surface area (Å²) < 4.78 is 7.33. The van der Waals surface area contributed by atoms with Gasteiger partial charge in [0.1, 0.15) is 5.82 Å². The Morgan fingerprint density at radius 3 is 2.48 bits per heavy atom. The van der Waals surface area contributed by atoms with Gasteiger partial charge in [-0.15, -0.1) is 0 Å². The van der Waals surface area contributed by atoms with Crippen molar-refractivity contribution in [3.63, 3.8) is 0 Å². The van der Waals surface area contributed by atoms with Gasteiger partial charge in [-0.05, 0) is 24.5 Å². The van der Waals surface area contributed by atoms with Gasteiger partial charge in [0, 0.05) is 38.7 Å². The number of anilines is 2. The van der Waals surface area contributed by atoms with Gasteiger partial charge >= 0.3 is 0 Å². The first-order valence-electron chi connectivity index (χ1n) is 9.70. The highest BCUT2D eigenvalue weighted by atomic mass is 16.5. The molecule has 0 unspecified atom stereocenters. The molecular weight excluding hydrogens is 368 g/mol. The summed E-state index contributed by atoms with van der Waals surface area (Å²) in [7, 11) is 1.54. The van der Waals surface area contributed by atoms with Gasteiger partial charge in [0.25, 0.3) is 5.91 Å². The number of rotatable bonds is 6. The van der Waals surface area contributed by atoms with Crippen molar-refractivity contribution in [2.45, 2.75) is 25.0 Å². The number of carbonyl (C=O) groups is 1. The number of methoxy groups -OCH3 is 1. The highest BCUT2D eigenvalue weighted by Gasteiger charge is 2.26. The van der Waals surface area contributed by atoms with Crippen molar-refractivity contribution in [2.75, 3.05) is 30.4 Å². The SMILES string of the molecule is CO[C@@H](C(=O)Nc1ccnn1C1CCN(c2ncccn2)CC1)c1ccccc1. The van der Waals surface area contributed by atoms with E-state index in [1.54, 1.807) is 18.6 Å². The van der Waals surface area contributed by atoms with Crippen LogP contribution < -0.4 is 10.2 Å². The monoisotopic (exact) mass is 392 g/mol. The maximum Gasteiger partial charge on any atom is 0.259 e. The molecule has 0 aliphatic carbocycles. The van der Waals surface area contributed by atoms with Crippen LogP contribution in [-0.4, -0.2) is 45.9 Å². The lowest BCUT2D eigenvalue weighted by molar-refractivity contribution is -0.126. The van der Waals surface area contributed by atoms with Crippen LogP contribution in [0.1, 0.15) is 30.6 Å². The molecule has 0 radical (unpaired) electrons. The molecule has 3 aromatic rings. The van der Waals surface area contributed by atoms with E-state index in [0.717, 1.165) is 37.4 Å². The Kier molecular flexibility index (Phi) is 5.81. The van der Waals surface area contributed by atoms with Gasteiger partial charge in [-0.1, -0.05) is 30.3 Å². The molecule has 3 heterocycles. The number of carbonyl (C=O) groups excluding carboxylic acids is 1. The van der Waals surface area contributed by atoms with Crippen molar-refractivity contribution in [3.05, 3.63) is 66.6 Å². The zero-order valence-corrected chi connectivity index (χ0v) is 16.3. The average molecular weight is 392 g/mol. The zero-order valence-electron chi connectivity index (χ0n) is 16.3. The van der Waals surface area contributed by atoms with Crippen LogP contribution in [0, 0.1) is 0 Å². The third-order valence-corrected chi connectivity index (χ3v) is 5.14. The maximum atomic E-state index is 12.8. The van der Waals surface area contributed by atoms with Gasteiger partial charge in [-0.3, -0.25) is 4.79 Å². The minimum Gasteiger partial charge on any atom is -0.367 e. The molecule has 2 aromatic heterocycles. The van der Waals surface area contributed by atoms with Crippen molar-refractivity contribution >= 4 is 17.7 Å². The molecule has 1 fully saturated rings. The summed E-state index contributed by atoms with van der Waals surface area (Å²) >= 11 is 0. The fraction of sp³-hybridized carbons (Fsp3) is 0.333. The van der Waals surface area contributed by atoms with Crippen molar-refractivity contribution in [3.8, 4) is 0 Å². The highest BCUT2D eigenvalue weighted by Crippen LogP contribution is 2.27. The minimum absolute atomic E-state index is 0.206. The maximum absolute atomic E-state index is 12.8. The molecule has 0 bridgehead atoms. The van der Waals surface area contributed by atoms with Crippen molar-refractivity contribution < 1.29 is 9.53 Å². The third kappa shape index (κ3) is 4.27. The molecule has 1 amide bonds. The molecule has 0 spiro atoms. The second kappa shape index (κ2) is 8.83. The van der Waals surface area contributed by atoms with E-state index in [4.69, 9.17) is 4.74 Å². The summed E-state index contributed by atoms with van der Waals surface area (Å²) in [5.74, 6) is 1.23. The summed E-state index contributed by atoms with van der Waals surface area (Å²) in [4.78, 5) is 23.6. The second-order valence-corrected chi connectivity index (χ2v) is 6.94. The van der Waals surface area contributed by atoms with E-state index in [0.29, 0.717) is 5.82 Å². The predicted molar refractivity (Wildman–Crippen MR) is 110 cm³/mol. The summed E-state index contributed by atoms with van der Waals surface area (Å²) in [6, 6.07) is 13.3. The van der Waals surface area contributed by atoms with Crippen LogP contribution in [0.2, 0.25) is 0 Å². The van der Waals surface area contributed by atoms with Crippen LogP contribution in [-0.2, 0) is 9.53 Å². The van der Waals surface area contributed by atoms with E-state index in [-0.39, 0.29) is 11.9 Å². The van der Waals surface area contributed by atoms with E-state index in [1.165, 1.54) is 7.11 Å². The van der Waals surface area contributed by atoms with Crippen LogP contribution >= 0.6 is 0 Å². The van der Waals surface area contributed by atoms with Crippen molar-refractivity contribution in [1.29, 1.82) is 0 Å². The Bertz CT molecular complexity index is 923. The van der Waals surface area contributed by atoms with Gasteiger partial charge in [-0.25, -0.2) is 14.6 Å². The molecule has 8 heteroatoms. The number of hydrogen-bond acceptors (Lipinski definition) is 6. The number of nitrogens with one attached hydrogen (secondary N) is 1. The molecule has 150 valence electrons. The zero-order chi connectivity index (χ0) is 20.1. The fourth-order valence-electron chi connectivity index (χ4n) is 3.68. The number of benzene rings is 1. The molecule has 0 saturated carbocycles. The fourth-order valence-corrected chi connectivity index (χ4v) is 3.68. The Balaban J connectivity index is 1.42. The first-order chi connectivity index (χ1) is 14.3. The molecule has 1 aliphatic rings. The Hall–Kier alpha value is -3.26. The van der Waals surface area contributed by atoms with Gasteiger partial charge < -0.3 is 15.0 Å². The Labute approximate surface area is 169 Å². The third-order valence-electron chi connectivity index (χ3n) is 5.14. The number of aromatic nitrogens is 4. The van der Waals surface area contributed by atoms with Gasteiger partial charge in [0.05, 0.1) is 12.2 Å². The smallest absolute Gasteiger partial charge is 0.259 e. The molecule has 1 aliphatic heterocycles. The van der Waals surface area contributed by atoms with Crippen LogP contribution in [0.3, 0.4) is 0 Å². The molecular formula is C21H24N6O2. The topological polar surface area (TPSA) is 85.2 Å². The van der Waals surface area contributed by atoms with Crippen molar-refractivity contribution in [2.24, 2.45) is 0 Å². The van der Waals surface area contributed by atoms with Gasteiger partial charge in [0.15, 0.2) is 6.10 Å². The first-order valence-corrected chi connectivity index (χ1v) is 9.70. The molecule has 1 N–H and O–H groups in total. The Morgan fingerprint density at radius 1 is 1.07 bits per heavy atom. The summed E-state index contributed by atoms with van der Waals surface area (Å²) in [5.41, 5.74) is 0.815. The lowest BCUT2D eigenvalue weighted by Gasteiger charge is -2.32. The first kappa shape index (κ1) is 19.1. The number of hydrogen-bond donors (Lipinski definition) is 1. The average Bonchev–Trinajstić information content (AvgIpc) is 3.24. The van der Waals surface area contributed by atoms with Crippen LogP contribution in [0.15, 0.2) is 61.1 Å². The van der Waals surface area contributed by atoms with Gasteiger partial charge in [-0.2, -0.15) is 5.10 Å². The van der Waals surface area contributed by atoms with E-state index in [2.05, 4.69) is 25.3 Å². The molecule has 1 aromatic carbocycles. The van der Waals surface area contributed by atoms with E-state index in [1.807, 2.05) is 47.1 Å². The molecule has 8 nitrogen and oxygen atoms in total. The normalized spacial score (nSPS) is 15.8. The van der Waals surface area contributed by atoms with Crippen LogP contribution in [0.25, 0.3) is 0 Å². The summed E-state index contributed by atoms with van der Waals surface area (Å²) in [5, 5.41) is 7.44. The van der Waals surface area contributed by atoms with Crippen molar-refractivity contribution in [1.82, 2.24) is 19.7 Å². The number of ether oxygens (including phenoxy) is 1. The Morgan fingerprint density at radius 2 is 1.79 bits per heavy atom. The molecule has 1 atom stereocenters. The molecule has 4 rings (SSSR count). The minimum atomic E-state index is -0.670. The lowest BCUT2D eigenvalue weighted by Crippen LogP contribution is -2.36. The number of amides is 1. The van der Waals surface area contributed by atoms with Crippen LogP contribution in [0.5, 0.6) is 0 Å². The molecule has 1 saturated heterocycles. The van der Waals surface area contributed by atoms with E-state index in [9.17, 15) is 4.79 Å². The van der Waals surface area contributed by atoms with Gasteiger partial charge in [0.2, 0.25) is 5.95 Å². The van der Waals surface area contributed by atoms with E-state index >= 15 is 0 Å². The largest absolute Gasteiger partial charge is 0.367 e. The number of nitrogens with zero attached hydrogens (tertiary/aromatic N) is 5. The quantitative estimate of drug-likeness (QED) is 0.694. The lowest BCUT2D eigenvalue weighted by atomic mass is 10.1. The summed E-state index contributed by atoms with van der Waals surface area (Å²) in [6.07, 6.45) is 6.36. The second-order valence-electron chi connectivity index (χ2n) is 6.94. The highest BCUT2D eigenvalue weighted by molar-refractivity contribution is 5.94. The standard InChI is InChI=1S/C21H24N6O2/c1-29-19(16-6-3-2-4-7-16)20(28)25-18-8-13-24-27(18)17-9-14-26(15-10-17)21-22-11-5-12-23-21/h2-8,11-13,17,19H,9-10,14-15H2,1H3,(H,25,28)/t19-/m1/s1.